The van der Waals surface area contributed by atoms with Crippen LogP contribution in [-0.2, 0) is 20.1 Å². The molecule has 0 amide bonds. The number of rotatable bonds is 3. The van der Waals surface area contributed by atoms with E-state index < -0.39 is 0 Å². The summed E-state index contributed by atoms with van der Waals surface area (Å²) in [6, 6.07) is 0. The minimum absolute atomic E-state index is 0.0276. The number of hydrogen-bond acceptors (Lipinski definition) is 3. The van der Waals surface area contributed by atoms with Gasteiger partial charge in [-0.25, -0.2) is 0 Å². The Bertz CT molecular complexity index is 315. The molecule has 1 aliphatic carbocycles. The highest BCUT2D eigenvalue weighted by Crippen LogP contribution is 2.47. The Hall–Kier alpha value is -0.900. The highest BCUT2D eigenvalue weighted by molar-refractivity contribution is 5.02. The third-order valence-corrected chi connectivity index (χ3v) is 2.89. The Morgan fingerprint density at radius 2 is 2.00 bits per heavy atom. The van der Waals surface area contributed by atoms with Crippen LogP contribution in [0.2, 0.25) is 0 Å². The second-order valence-electron chi connectivity index (χ2n) is 4.24. The smallest absolute Gasteiger partial charge is 0.158 e. The quantitative estimate of drug-likeness (QED) is 0.745. The summed E-state index contributed by atoms with van der Waals surface area (Å²) in [4.78, 5) is 0. The van der Waals surface area contributed by atoms with Gasteiger partial charge in [0.1, 0.15) is 12.4 Å². The third-order valence-electron chi connectivity index (χ3n) is 2.89. The average Bonchev–Trinajstić information content (AvgIpc) is 2.72. The van der Waals surface area contributed by atoms with Gasteiger partial charge < -0.3 is 9.67 Å². The summed E-state index contributed by atoms with van der Waals surface area (Å²) in [5, 5.41) is 16.9. The summed E-state index contributed by atoms with van der Waals surface area (Å²) in [6.45, 7) is 2.24. The molecule has 0 atom stereocenters. The van der Waals surface area contributed by atoms with Crippen LogP contribution in [0.5, 0.6) is 0 Å². The van der Waals surface area contributed by atoms with Gasteiger partial charge in [0.25, 0.3) is 0 Å². The molecule has 72 valence electrons. The average molecular weight is 181 g/mol. The van der Waals surface area contributed by atoms with Gasteiger partial charge in [-0.3, -0.25) is 0 Å². The topological polar surface area (TPSA) is 50.9 Å². The number of aliphatic hydroxyl groups is 1. The molecule has 0 saturated heterocycles. The lowest BCUT2D eigenvalue weighted by atomic mass is 10.1. The Morgan fingerprint density at radius 3 is 2.46 bits per heavy atom. The van der Waals surface area contributed by atoms with Gasteiger partial charge in [-0.2, -0.15) is 0 Å². The van der Waals surface area contributed by atoms with Crippen molar-refractivity contribution in [2.24, 2.45) is 12.5 Å². The molecule has 1 fully saturated rings. The number of aromatic nitrogens is 3. The molecule has 1 N–H and O–H groups in total. The molecule has 4 heteroatoms. The normalized spacial score (nSPS) is 19.0. The lowest BCUT2D eigenvalue weighted by Gasteiger charge is -2.06. The number of aliphatic hydroxyl groups excluding tert-OH is 1. The summed E-state index contributed by atoms with van der Waals surface area (Å²) in [5.74, 6) is 1.64. The SMILES string of the molecule is Cn1c(CO)nnc1CC1(C)CC1. The zero-order chi connectivity index (χ0) is 9.47. The van der Waals surface area contributed by atoms with Gasteiger partial charge in [-0.15, -0.1) is 10.2 Å². The van der Waals surface area contributed by atoms with Crippen LogP contribution in [0.1, 0.15) is 31.4 Å². The van der Waals surface area contributed by atoms with E-state index in [1.807, 2.05) is 11.6 Å². The monoisotopic (exact) mass is 181 g/mol. The molecule has 1 aliphatic rings. The number of hydrogen-bond donors (Lipinski definition) is 1. The molecule has 4 nitrogen and oxygen atoms in total. The molecule has 1 aromatic rings. The highest BCUT2D eigenvalue weighted by Gasteiger charge is 2.38. The molecular weight excluding hydrogens is 166 g/mol. The van der Waals surface area contributed by atoms with E-state index in [4.69, 9.17) is 5.11 Å². The molecule has 0 unspecified atom stereocenters. The first-order valence-electron chi connectivity index (χ1n) is 4.63. The van der Waals surface area contributed by atoms with Gasteiger partial charge in [-0.1, -0.05) is 6.92 Å². The first-order valence-corrected chi connectivity index (χ1v) is 4.63. The standard InChI is InChI=1S/C9H15N3O/c1-9(3-4-9)5-7-10-11-8(6-13)12(7)2/h13H,3-6H2,1-2H3. The predicted octanol–water partition coefficient (Wildman–Crippen LogP) is 0.650. The van der Waals surface area contributed by atoms with Crippen LogP contribution in [0, 0.1) is 5.41 Å². The maximum Gasteiger partial charge on any atom is 0.158 e. The van der Waals surface area contributed by atoms with Gasteiger partial charge in [0.05, 0.1) is 0 Å². The minimum atomic E-state index is -0.0276. The van der Waals surface area contributed by atoms with Crippen LogP contribution in [0.25, 0.3) is 0 Å². The Balaban J connectivity index is 2.16. The van der Waals surface area contributed by atoms with Crippen LogP contribution < -0.4 is 0 Å². The molecule has 0 aliphatic heterocycles. The summed E-state index contributed by atoms with van der Waals surface area (Å²) >= 11 is 0. The van der Waals surface area contributed by atoms with Gasteiger partial charge in [0.2, 0.25) is 0 Å². The zero-order valence-corrected chi connectivity index (χ0v) is 8.12. The van der Waals surface area contributed by atoms with Crippen molar-refractivity contribution >= 4 is 0 Å². The Kier molecular flexibility index (Phi) is 1.87. The second kappa shape index (κ2) is 2.80. The molecule has 0 aromatic carbocycles. The third kappa shape index (κ3) is 1.58. The van der Waals surface area contributed by atoms with E-state index in [0.29, 0.717) is 11.2 Å². The first kappa shape index (κ1) is 8.69. The highest BCUT2D eigenvalue weighted by atomic mass is 16.3. The zero-order valence-electron chi connectivity index (χ0n) is 8.12. The molecule has 0 spiro atoms. The summed E-state index contributed by atoms with van der Waals surface area (Å²) < 4.78 is 1.89. The summed E-state index contributed by atoms with van der Waals surface area (Å²) in [5.41, 5.74) is 0.452. The maximum absolute atomic E-state index is 8.92. The van der Waals surface area contributed by atoms with E-state index in [-0.39, 0.29) is 6.61 Å². The van der Waals surface area contributed by atoms with Gasteiger partial charge in [0.15, 0.2) is 5.82 Å². The Labute approximate surface area is 77.6 Å². The van der Waals surface area contributed by atoms with Gasteiger partial charge in [-0.05, 0) is 18.3 Å². The fraction of sp³-hybridized carbons (Fsp3) is 0.778. The molecule has 1 heterocycles. The molecule has 2 rings (SSSR count). The lowest BCUT2D eigenvalue weighted by molar-refractivity contribution is 0.266. The van der Waals surface area contributed by atoms with E-state index in [0.717, 1.165) is 12.2 Å². The fourth-order valence-electron chi connectivity index (χ4n) is 1.46. The van der Waals surface area contributed by atoms with Crippen LogP contribution in [-0.4, -0.2) is 19.9 Å². The molecule has 1 aromatic heterocycles. The van der Waals surface area contributed by atoms with Gasteiger partial charge in [0, 0.05) is 13.5 Å². The summed E-state index contributed by atoms with van der Waals surface area (Å²) in [7, 11) is 1.91. The van der Waals surface area contributed by atoms with Crippen LogP contribution in [0.3, 0.4) is 0 Å². The van der Waals surface area contributed by atoms with Crippen molar-refractivity contribution < 1.29 is 5.11 Å². The number of nitrogens with zero attached hydrogens (tertiary/aromatic N) is 3. The minimum Gasteiger partial charge on any atom is -0.388 e. The van der Waals surface area contributed by atoms with E-state index >= 15 is 0 Å². The van der Waals surface area contributed by atoms with Crippen molar-refractivity contribution in [3.8, 4) is 0 Å². The van der Waals surface area contributed by atoms with E-state index in [1.165, 1.54) is 12.8 Å². The molecule has 0 radical (unpaired) electrons. The Morgan fingerprint density at radius 1 is 1.38 bits per heavy atom. The molecular formula is C9H15N3O. The van der Waals surface area contributed by atoms with Crippen molar-refractivity contribution in [3.05, 3.63) is 11.6 Å². The predicted molar refractivity (Wildman–Crippen MR) is 48.0 cm³/mol. The van der Waals surface area contributed by atoms with E-state index in [2.05, 4.69) is 17.1 Å². The van der Waals surface area contributed by atoms with Crippen molar-refractivity contribution in [3.63, 3.8) is 0 Å². The van der Waals surface area contributed by atoms with E-state index in [9.17, 15) is 0 Å². The fourth-order valence-corrected chi connectivity index (χ4v) is 1.46. The molecule has 1 saturated carbocycles. The largest absolute Gasteiger partial charge is 0.388 e. The summed E-state index contributed by atoms with van der Waals surface area (Å²) in [6.07, 6.45) is 3.55. The van der Waals surface area contributed by atoms with E-state index in [1.54, 1.807) is 0 Å². The lowest BCUT2D eigenvalue weighted by Crippen LogP contribution is -2.07. The first-order chi connectivity index (χ1) is 6.14. The van der Waals surface area contributed by atoms with Crippen LogP contribution >= 0.6 is 0 Å². The molecule has 13 heavy (non-hydrogen) atoms. The second-order valence-corrected chi connectivity index (χ2v) is 4.24. The van der Waals surface area contributed by atoms with Crippen LogP contribution in [0.15, 0.2) is 0 Å². The van der Waals surface area contributed by atoms with Gasteiger partial charge >= 0.3 is 0 Å². The van der Waals surface area contributed by atoms with Crippen molar-refractivity contribution in [2.45, 2.75) is 32.8 Å². The van der Waals surface area contributed by atoms with Crippen molar-refractivity contribution in [2.75, 3.05) is 0 Å². The van der Waals surface area contributed by atoms with Crippen molar-refractivity contribution in [1.82, 2.24) is 14.8 Å². The van der Waals surface area contributed by atoms with Crippen molar-refractivity contribution in [1.29, 1.82) is 0 Å². The van der Waals surface area contributed by atoms with Crippen LogP contribution in [0.4, 0.5) is 0 Å². The maximum atomic E-state index is 8.92. The molecule has 0 bridgehead atoms.